The lowest BCUT2D eigenvalue weighted by Gasteiger charge is -2.05. The van der Waals surface area contributed by atoms with E-state index < -0.39 is 0 Å². The quantitative estimate of drug-likeness (QED) is 0.672. The van der Waals surface area contributed by atoms with Crippen molar-refractivity contribution in [3.05, 3.63) is 34.6 Å². The third-order valence-corrected chi connectivity index (χ3v) is 2.12. The Morgan fingerprint density at radius 2 is 1.93 bits per heavy atom. The van der Waals surface area contributed by atoms with Gasteiger partial charge in [0.1, 0.15) is 0 Å². The van der Waals surface area contributed by atoms with Crippen LogP contribution in [0.2, 0.25) is 0 Å². The maximum Gasteiger partial charge on any atom is 0.274 e. The fourth-order valence-corrected chi connectivity index (χ4v) is 1.42. The summed E-state index contributed by atoms with van der Waals surface area (Å²) in [5, 5.41) is 5.38. The van der Waals surface area contributed by atoms with Crippen molar-refractivity contribution in [3.63, 3.8) is 0 Å². The van der Waals surface area contributed by atoms with Crippen molar-refractivity contribution in [1.82, 2.24) is 9.78 Å². The van der Waals surface area contributed by atoms with Gasteiger partial charge < -0.3 is 4.74 Å². The second kappa shape index (κ2) is 3.14. The Labute approximate surface area is 80.7 Å². The molecule has 2 rings (SSSR count). The molecular formula is C10H10N2O2. The van der Waals surface area contributed by atoms with Gasteiger partial charge in [0.05, 0.1) is 17.9 Å². The van der Waals surface area contributed by atoms with Gasteiger partial charge in [-0.15, -0.1) is 5.10 Å². The van der Waals surface area contributed by atoms with Crippen LogP contribution >= 0.6 is 0 Å². The fourth-order valence-electron chi connectivity index (χ4n) is 1.42. The summed E-state index contributed by atoms with van der Waals surface area (Å²) in [6.45, 7) is 0. The van der Waals surface area contributed by atoms with Crippen molar-refractivity contribution in [2.45, 2.75) is 0 Å². The SMILES string of the molecule is COc1nn(C)c(=O)c2ccccc12. The van der Waals surface area contributed by atoms with Crippen LogP contribution in [0.25, 0.3) is 10.8 Å². The van der Waals surface area contributed by atoms with Gasteiger partial charge in [-0.05, 0) is 12.1 Å². The van der Waals surface area contributed by atoms with E-state index in [1.807, 2.05) is 18.2 Å². The molecule has 0 fully saturated rings. The van der Waals surface area contributed by atoms with Gasteiger partial charge >= 0.3 is 0 Å². The summed E-state index contributed by atoms with van der Waals surface area (Å²) in [6.07, 6.45) is 0. The number of benzene rings is 1. The van der Waals surface area contributed by atoms with E-state index in [0.717, 1.165) is 5.39 Å². The monoisotopic (exact) mass is 190 g/mol. The van der Waals surface area contributed by atoms with E-state index >= 15 is 0 Å². The number of nitrogens with zero attached hydrogens (tertiary/aromatic N) is 2. The second-order valence-electron chi connectivity index (χ2n) is 2.98. The third kappa shape index (κ3) is 1.16. The predicted octanol–water partition coefficient (Wildman–Crippen LogP) is 0.942. The first kappa shape index (κ1) is 8.74. The van der Waals surface area contributed by atoms with Crippen molar-refractivity contribution in [3.8, 4) is 5.88 Å². The lowest BCUT2D eigenvalue weighted by molar-refractivity contribution is 0.388. The van der Waals surface area contributed by atoms with Crippen LogP contribution in [0.4, 0.5) is 0 Å². The van der Waals surface area contributed by atoms with E-state index in [9.17, 15) is 4.79 Å². The lowest BCUT2D eigenvalue weighted by Crippen LogP contribution is -2.20. The molecule has 1 aromatic heterocycles. The summed E-state index contributed by atoms with van der Waals surface area (Å²) < 4.78 is 6.37. The summed E-state index contributed by atoms with van der Waals surface area (Å²) in [4.78, 5) is 11.6. The first-order valence-corrected chi connectivity index (χ1v) is 4.24. The molecule has 2 aromatic rings. The Morgan fingerprint density at radius 1 is 1.29 bits per heavy atom. The third-order valence-electron chi connectivity index (χ3n) is 2.12. The number of ether oxygens (including phenoxy) is 1. The van der Waals surface area contributed by atoms with Crippen LogP contribution in [0.3, 0.4) is 0 Å². The van der Waals surface area contributed by atoms with Gasteiger partial charge in [0.25, 0.3) is 5.56 Å². The number of methoxy groups -OCH3 is 1. The highest BCUT2D eigenvalue weighted by Crippen LogP contribution is 2.18. The Morgan fingerprint density at radius 3 is 2.57 bits per heavy atom. The maximum absolute atomic E-state index is 11.6. The lowest BCUT2D eigenvalue weighted by atomic mass is 10.2. The number of rotatable bonds is 1. The molecule has 14 heavy (non-hydrogen) atoms. The van der Waals surface area contributed by atoms with E-state index in [1.165, 1.54) is 4.68 Å². The topological polar surface area (TPSA) is 44.1 Å². The molecule has 0 radical (unpaired) electrons. The van der Waals surface area contributed by atoms with Crippen LogP contribution in [0.15, 0.2) is 29.1 Å². The molecule has 0 bridgehead atoms. The Balaban J connectivity index is 2.97. The molecule has 0 aliphatic carbocycles. The molecule has 4 heteroatoms. The zero-order valence-corrected chi connectivity index (χ0v) is 8.02. The van der Waals surface area contributed by atoms with Crippen molar-refractivity contribution in [2.24, 2.45) is 7.05 Å². The normalized spacial score (nSPS) is 10.4. The largest absolute Gasteiger partial charge is 0.480 e. The van der Waals surface area contributed by atoms with Gasteiger partial charge in [0, 0.05) is 7.05 Å². The van der Waals surface area contributed by atoms with Crippen LogP contribution in [0, 0.1) is 0 Å². The minimum atomic E-state index is -0.110. The molecule has 0 saturated heterocycles. The van der Waals surface area contributed by atoms with Gasteiger partial charge in [0.15, 0.2) is 0 Å². The Bertz CT molecular complexity index is 531. The molecule has 0 aliphatic rings. The van der Waals surface area contributed by atoms with E-state index in [4.69, 9.17) is 4.74 Å². The molecule has 0 saturated carbocycles. The number of aryl methyl sites for hydroxylation is 1. The Kier molecular flexibility index (Phi) is 1.96. The highest BCUT2D eigenvalue weighted by Gasteiger charge is 2.07. The van der Waals surface area contributed by atoms with Crippen LogP contribution in [-0.4, -0.2) is 16.9 Å². The highest BCUT2D eigenvalue weighted by atomic mass is 16.5. The van der Waals surface area contributed by atoms with E-state index in [1.54, 1.807) is 20.2 Å². The number of hydrogen-bond acceptors (Lipinski definition) is 3. The zero-order valence-electron chi connectivity index (χ0n) is 8.02. The number of fused-ring (bicyclic) bond motifs is 1. The van der Waals surface area contributed by atoms with Gasteiger partial charge in [-0.1, -0.05) is 12.1 Å². The molecule has 0 spiro atoms. The number of aromatic nitrogens is 2. The van der Waals surface area contributed by atoms with Gasteiger partial charge in [-0.25, -0.2) is 4.68 Å². The van der Waals surface area contributed by atoms with Gasteiger partial charge in [0.2, 0.25) is 5.88 Å². The molecule has 0 unspecified atom stereocenters. The average Bonchev–Trinajstić information content (AvgIpc) is 2.23. The molecule has 0 N–H and O–H groups in total. The van der Waals surface area contributed by atoms with Crippen molar-refractivity contribution in [1.29, 1.82) is 0 Å². The molecule has 4 nitrogen and oxygen atoms in total. The Hall–Kier alpha value is -1.84. The van der Waals surface area contributed by atoms with Crippen molar-refractivity contribution in [2.75, 3.05) is 7.11 Å². The molecule has 1 aromatic carbocycles. The molecule has 0 atom stereocenters. The zero-order chi connectivity index (χ0) is 10.1. The average molecular weight is 190 g/mol. The van der Waals surface area contributed by atoms with E-state index in [-0.39, 0.29) is 5.56 Å². The molecule has 72 valence electrons. The minimum absolute atomic E-state index is 0.110. The number of hydrogen-bond donors (Lipinski definition) is 0. The van der Waals surface area contributed by atoms with Crippen LogP contribution in [0.5, 0.6) is 5.88 Å². The maximum atomic E-state index is 11.6. The summed E-state index contributed by atoms with van der Waals surface area (Å²) >= 11 is 0. The standard InChI is InChI=1S/C10H10N2O2/c1-12-10(13)8-6-4-3-5-7(8)9(11-12)14-2/h3-6H,1-2H3. The van der Waals surface area contributed by atoms with Crippen molar-refractivity contribution < 1.29 is 4.74 Å². The molecular weight excluding hydrogens is 180 g/mol. The summed E-state index contributed by atoms with van der Waals surface area (Å²) in [7, 11) is 3.15. The highest BCUT2D eigenvalue weighted by molar-refractivity contribution is 5.85. The summed E-state index contributed by atoms with van der Waals surface area (Å²) in [5.74, 6) is 0.475. The molecule has 1 heterocycles. The predicted molar refractivity (Wildman–Crippen MR) is 53.5 cm³/mol. The minimum Gasteiger partial charge on any atom is -0.480 e. The van der Waals surface area contributed by atoms with Gasteiger partial charge in [-0.2, -0.15) is 0 Å². The first-order chi connectivity index (χ1) is 6.74. The van der Waals surface area contributed by atoms with Crippen LogP contribution in [-0.2, 0) is 7.05 Å². The fraction of sp³-hybridized carbons (Fsp3) is 0.200. The molecule has 0 aliphatic heterocycles. The molecule has 0 amide bonds. The summed E-state index contributed by atoms with van der Waals surface area (Å²) in [5.41, 5.74) is -0.110. The smallest absolute Gasteiger partial charge is 0.274 e. The first-order valence-electron chi connectivity index (χ1n) is 4.24. The van der Waals surface area contributed by atoms with Crippen LogP contribution in [0.1, 0.15) is 0 Å². The van der Waals surface area contributed by atoms with E-state index in [2.05, 4.69) is 5.10 Å². The van der Waals surface area contributed by atoms with Crippen molar-refractivity contribution >= 4 is 10.8 Å². The summed E-state index contributed by atoms with van der Waals surface area (Å²) in [6, 6.07) is 7.26. The van der Waals surface area contributed by atoms with Gasteiger partial charge in [-0.3, -0.25) is 4.79 Å². The van der Waals surface area contributed by atoms with E-state index in [0.29, 0.717) is 11.3 Å². The second-order valence-corrected chi connectivity index (χ2v) is 2.98. The van der Waals surface area contributed by atoms with Crippen LogP contribution < -0.4 is 10.3 Å².